The van der Waals surface area contributed by atoms with E-state index in [-0.39, 0.29) is 11.4 Å². The third kappa shape index (κ3) is 6.83. The molecular weight excluding hydrogens is 533 g/mol. The normalized spacial score (nSPS) is 12.1. The average Bonchev–Trinajstić information content (AvgIpc) is 2.87. The van der Waals surface area contributed by atoms with Crippen molar-refractivity contribution in [3.05, 3.63) is 93.5 Å². The van der Waals surface area contributed by atoms with Gasteiger partial charge in [0.2, 0.25) is 11.8 Å². The maximum Gasteiger partial charge on any atom is 0.264 e. The number of aryl methyl sites for hydroxylation is 2. The molecule has 0 aliphatic heterocycles. The molecule has 0 unspecified atom stereocenters. The van der Waals surface area contributed by atoms with Crippen molar-refractivity contribution in [1.29, 1.82) is 0 Å². The lowest BCUT2D eigenvalue weighted by atomic mass is 10.1. The fourth-order valence-electron chi connectivity index (χ4n) is 3.78. The summed E-state index contributed by atoms with van der Waals surface area (Å²) in [6, 6.07) is 17.4. The van der Waals surface area contributed by atoms with Crippen LogP contribution in [0.1, 0.15) is 23.6 Å². The summed E-state index contributed by atoms with van der Waals surface area (Å²) in [5.74, 6) is -0.948. The number of sulfonamides is 1. The lowest BCUT2D eigenvalue weighted by molar-refractivity contribution is -0.139. The zero-order chi connectivity index (χ0) is 27.3. The predicted molar refractivity (Wildman–Crippen MR) is 147 cm³/mol. The topological polar surface area (TPSA) is 86.8 Å². The maximum atomic E-state index is 13.8. The monoisotopic (exact) mass is 561 g/mol. The molecule has 0 spiro atoms. The molecule has 0 bridgehead atoms. The number of nitrogens with one attached hydrogen (secondary N) is 1. The van der Waals surface area contributed by atoms with Gasteiger partial charge in [0.1, 0.15) is 12.6 Å². The molecule has 1 N–H and O–H groups in total. The van der Waals surface area contributed by atoms with Gasteiger partial charge >= 0.3 is 0 Å². The van der Waals surface area contributed by atoms with Gasteiger partial charge in [0.25, 0.3) is 10.0 Å². The van der Waals surface area contributed by atoms with Crippen LogP contribution in [0.15, 0.2) is 71.6 Å². The van der Waals surface area contributed by atoms with Crippen LogP contribution in [0.2, 0.25) is 10.0 Å². The molecule has 1 atom stereocenters. The molecule has 0 fully saturated rings. The third-order valence-corrected chi connectivity index (χ3v) is 8.46. The van der Waals surface area contributed by atoms with Crippen molar-refractivity contribution in [2.75, 3.05) is 17.9 Å². The van der Waals surface area contributed by atoms with E-state index in [0.29, 0.717) is 21.3 Å². The Hall–Kier alpha value is -3.07. The molecule has 0 heterocycles. The van der Waals surface area contributed by atoms with E-state index < -0.39 is 34.4 Å². The molecule has 0 radical (unpaired) electrons. The van der Waals surface area contributed by atoms with Crippen LogP contribution >= 0.6 is 23.2 Å². The molecule has 2 amide bonds. The third-order valence-electron chi connectivity index (χ3n) is 5.93. The lowest BCUT2D eigenvalue weighted by Gasteiger charge is -2.32. The summed E-state index contributed by atoms with van der Waals surface area (Å²) in [5.41, 5.74) is 2.72. The van der Waals surface area contributed by atoms with Crippen molar-refractivity contribution in [1.82, 2.24) is 10.2 Å². The summed E-state index contributed by atoms with van der Waals surface area (Å²) < 4.78 is 28.6. The van der Waals surface area contributed by atoms with Crippen LogP contribution < -0.4 is 9.62 Å². The molecule has 3 aromatic rings. The minimum Gasteiger partial charge on any atom is -0.357 e. The smallest absolute Gasteiger partial charge is 0.264 e. The van der Waals surface area contributed by atoms with Crippen LogP contribution in [0.25, 0.3) is 0 Å². The zero-order valence-corrected chi connectivity index (χ0v) is 23.4. The number of nitrogens with zero attached hydrogens (tertiary/aromatic N) is 2. The number of likely N-dealkylation sites (N-methyl/N-ethyl adjacent to an activating group) is 1. The molecule has 7 nitrogen and oxygen atoms in total. The minimum absolute atomic E-state index is 0.0244. The second kappa shape index (κ2) is 12.0. The molecule has 3 aromatic carbocycles. The summed E-state index contributed by atoms with van der Waals surface area (Å²) in [6.45, 7) is 4.80. The fourth-order valence-corrected chi connectivity index (χ4v) is 5.50. The van der Waals surface area contributed by atoms with E-state index >= 15 is 0 Å². The number of amides is 2. The van der Waals surface area contributed by atoms with E-state index in [4.69, 9.17) is 23.2 Å². The Kier molecular flexibility index (Phi) is 9.23. The van der Waals surface area contributed by atoms with Crippen LogP contribution in [0.5, 0.6) is 0 Å². The van der Waals surface area contributed by atoms with Gasteiger partial charge in [0.15, 0.2) is 0 Å². The first-order chi connectivity index (χ1) is 17.4. The second-order valence-corrected chi connectivity index (χ2v) is 11.4. The van der Waals surface area contributed by atoms with Crippen molar-refractivity contribution >= 4 is 50.7 Å². The maximum absolute atomic E-state index is 13.8. The Morgan fingerprint density at radius 1 is 0.919 bits per heavy atom. The molecule has 10 heteroatoms. The van der Waals surface area contributed by atoms with Gasteiger partial charge in [-0.25, -0.2) is 8.42 Å². The second-order valence-electron chi connectivity index (χ2n) is 8.72. The average molecular weight is 563 g/mol. The van der Waals surface area contributed by atoms with Crippen molar-refractivity contribution in [2.24, 2.45) is 0 Å². The van der Waals surface area contributed by atoms with E-state index in [2.05, 4.69) is 5.32 Å². The number of rotatable bonds is 9. The Morgan fingerprint density at radius 3 is 2.19 bits per heavy atom. The first kappa shape index (κ1) is 28.5. The molecule has 37 heavy (non-hydrogen) atoms. The number of benzene rings is 3. The quantitative estimate of drug-likeness (QED) is 0.399. The number of anilines is 1. The fraction of sp³-hybridized carbons (Fsp3) is 0.259. The Balaban J connectivity index is 2.04. The Labute approximate surface area is 228 Å². The van der Waals surface area contributed by atoms with Crippen molar-refractivity contribution in [2.45, 2.75) is 38.3 Å². The van der Waals surface area contributed by atoms with Gasteiger partial charge in [-0.15, -0.1) is 0 Å². The largest absolute Gasteiger partial charge is 0.357 e. The summed E-state index contributed by atoms with van der Waals surface area (Å²) in [6.07, 6.45) is 0. The van der Waals surface area contributed by atoms with Crippen molar-refractivity contribution < 1.29 is 18.0 Å². The molecule has 0 saturated carbocycles. The molecule has 3 rings (SSSR count). The number of carbonyl (C=O) groups excluding carboxylic acids is 2. The van der Waals surface area contributed by atoms with Gasteiger partial charge in [-0.3, -0.25) is 13.9 Å². The van der Waals surface area contributed by atoms with Crippen LogP contribution in [0, 0.1) is 13.8 Å². The van der Waals surface area contributed by atoms with Crippen molar-refractivity contribution in [3.63, 3.8) is 0 Å². The minimum atomic E-state index is -4.11. The Morgan fingerprint density at radius 2 is 1.59 bits per heavy atom. The van der Waals surface area contributed by atoms with Crippen LogP contribution in [-0.2, 0) is 26.2 Å². The van der Waals surface area contributed by atoms with E-state index in [9.17, 15) is 18.0 Å². The molecule has 0 aromatic heterocycles. The van der Waals surface area contributed by atoms with Gasteiger partial charge in [0.05, 0.1) is 20.6 Å². The highest BCUT2D eigenvalue weighted by molar-refractivity contribution is 7.92. The summed E-state index contributed by atoms with van der Waals surface area (Å²) in [7, 11) is -2.63. The van der Waals surface area contributed by atoms with E-state index in [1.54, 1.807) is 55.5 Å². The first-order valence-corrected chi connectivity index (χ1v) is 13.7. The highest BCUT2D eigenvalue weighted by atomic mass is 35.5. The number of hydrogen-bond donors (Lipinski definition) is 1. The molecule has 0 saturated heterocycles. The van der Waals surface area contributed by atoms with E-state index in [0.717, 1.165) is 15.4 Å². The SMILES string of the molecule is CNC(=O)[C@H](C)N(Cc1ccc(Cl)c(Cl)c1)C(=O)CN(c1cccc(C)c1)S(=O)(=O)c1ccc(C)cc1. The first-order valence-electron chi connectivity index (χ1n) is 11.5. The Bertz CT molecular complexity index is 1400. The van der Waals surface area contributed by atoms with Gasteiger partial charge in [-0.2, -0.15) is 0 Å². The zero-order valence-electron chi connectivity index (χ0n) is 21.0. The van der Waals surface area contributed by atoms with Gasteiger partial charge in [-0.05, 0) is 68.3 Å². The van der Waals surface area contributed by atoms with Crippen LogP contribution in [-0.4, -0.2) is 44.8 Å². The van der Waals surface area contributed by atoms with Gasteiger partial charge < -0.3 is 10.2 Å². The van der Waals surface area contributed by atoms with E-state index in [1.165, 1.54) is 24.1 Å². The molecule has 0 aliphatic rings. The summed E-state index contributed by atoms with van der Waals surface area (Å²) >= 11 is 12.2. The molecule has 196 valence electrons. The summed E-state index contributed by atoms with van der Waals surface area (Å²) in [4.78, 5) is 27.7. The van der Waals surface area contributed by atoms with Crippen molar-refractivity contribution in [3.8, 4) is 0 Å². The van der Waals surface area contributed by atoms with E-state index in [1.807, 2.05) is 19.9 Å². The number of hydrogen-bond acceptors (Lipinski definition) is 4. The van der Waals surface area contributed by atoms with Crippen LogP contribution in [0.4, 0.5) is 5.69 Å². The number of halogens is 2. The lowest BCUT2D eigenvalue weighted by Crippen LogP contribution is -2.50. The summed E-state index contributed by atoms with van der Waals surface area (Å²) in [5, 5.41) is 3.21. The standard InChI is InChI=1S/C27H29Cl2N3O4S/c1-18-8-11-23(12-9-18)37(35,36)32(22-7-5-6-19(2)14-22)17-26(33)31(20(3)27(34)30-4)16-21-10-13-24(28)25(29)15-21/h5-15,20H,16-17H2,1-4H3,(H,30,34)/t20-/m0/s1. The molecular formula is C27H29Cl2N3O4S. The number of carbonyl (C=O) groups is 2. The van der Waals surface area contributed by atoms with Crippen LogP contribution in [0.3, 0.4) is 0 Å². The molecule has 0 aliphatic carbocycles. The van der Waals surface area contributed by atoms with Gasteiger partial charge in [0, 0.05) is 13.6 Å². The highest BCUT2D eigenvalue weighted by Crippen LogP contribution is 2.27. The van der Waals surface area contributed by atoms with Gasteiger partial charge in [-0.1, -0.05) is 59.1 Å². The highest BCUT2D eigenvalue weighted by Gasteiger charge is 2.32. The predicted octanol–water partition coefficient (Wildman–Crippen LogP) is 4.97.